The van der Waals surface area contributed by atoms with Gasteiger partial charge < -0.3 is 16.0 Å². The number of hydrogen-bond acceptors (Lipinski definition) is 3. The van der Waals surface area contributed by atoms with Crippen LogP contribution in [0.1, 0.15) is 28.8 Å². The van der Waals surface area contributed by atoms with E-state index in [1.165, 1.54) is 0 Å². The molecule has 1 aromatic rings. The van der Waals surface area contributed by atoms with Gasteiger partial charge >= 0.3 is 0 Å². The lowest BCUT2D eigenvalue weighted by Crippen LogP contribution is -2.45. The molecule has 104 valence electrons. The summed E-state index contributed by atoms with van der Waals surface area (Å²) in [6.45, 7) is 5.68. The number of aryl methyl sites for hydroxylation is 1. The fourth-order valence-electron chi connectivity index (χ4n) is 2.57. The SMILES string of the molecule is Cc1ccccc1C(=O)NC1CCN(CCN)CC1. The van der Waals surface area contributed by atoms with E-state index in [9.17, 15) is 4.79 Å². The maximum absolute atomic E-state index is 12.2. The van der Waals surface area contributed by atoms with Gasteiger partial charge in [0, 0.05) is 37.8 Å². The van der Waals surface area contributed by atoms with Crippen molar-refractivity contribution >= 4 is 5.91 Å². The van der Waals surface area contributed by atoms with Crippen LogP contribution in [0.15, 0.2) is 24.3 Å². The lowest BCUT2D eigenvalue weighted by molar-refractivity contribution is 0.0911. The molecule has 4 heteroatoms. The number of piperidine rings is 1. The van der Waals surface area contributed by atoms with Gasteiger partial charge in [-0.05, 0) is 31.4 Å². The first-order valence-electron chi connectivity index (χ1n) is 6.99. The van der Waals surface area contributed by atoms with Crippen LogP contribution in [0, 0.1) is 6.92 Å². The van der Waals surface area contributed by atoms with Gasteiger partial charge in [0.05, 0.1) is 0 Å². The number of hydrogen-bond donors (Lipinski definition) is 2. The number of carbonyl (C=O) groups is 1. The minimum Gasteiger partial charge on any atom is -0.349 e. The molecule has 19 heavy (non-hydrogen) atoms. The van der Waals surface area contributed by atoms with Crippen molar-refractivity contribution in [2.75, 3.05) is 26.2 Å². The number of nitrogens with zero attached hydrogens (tertiary/aromatic N) is 1. The molecule has 1 saturated heterocycles. The van der Waals surface area contributed by atoms with Crippen LogP contribution in [0.4, 0.5) is 0 Å². The van der Waals surface area contributed by atoms with Crippen LogP contribution < -0.4 is 11.1 Å². The Morgan fingerprint density at radius 2 is 2.05 bits per heavy atom. The van der Waals surface area contributed by atoms with Gasteiger partial charge in [0.15, 0.2) is 0 Å². The Kier molecular flexibility index (Phi) is 4.93. The lowest BCUT2D eigenvalue weighted by atomic mass is 10.0. The molecule has 1 amide bonds. The van der Waals surface area contributed by atoms with Crippen molar-refractivity contribution in [3.05, 3.63) is 35.4 Å². The molecule has 0 atom stereocenters. The Hall–Kier alpha value is -1.39. The first-order chi connectivity index (χ1) is 9.20. The second-order valence-corrected chi connectivity index (χ2v) is 5.19. The molecule has 0 radical (unpaired) electrons. The van der Waals surface area contributed by atoms with Gasteiger partial charge in [-0.15, -0.1) is 0 Å². The molecule has 3 N–H and O–H groups in total. The standard InChI is InChI=1S/C15H23N3O/c1-12-4-2-3-5-14(12)15(19)17-13-6-9-18(10-7-13)11-8-16/h2-5,13H,6-11,16H2,1H3,(H,17,19). The predicted molar refractivity (Wildman–Crippen MR) is 77.2 cm³/mol. The van der Waals surface area contributed by atoms with Crippen LogP contribution >= 0.6 is 0 Å². The number of likely N-dealkylation sites (tertiary alicyclic amines) is 1. The topological polar surface area (TPSA) is 58.4 Å². The van der Waals surface area contributed by atoms with E-state index in [0.717, 1.165) is 43.6 Å². The molecule has 1 aliphatic heterocycles. The first kappa shape index (κ1) is 14.0. The largest absolute Gasteiger partial charge is 0.349 e. The fraction of sp³-hybridized carbons (Fsp3) is 0.533. The predicted octanol–water partition coefficient (Wildman–Crippen LogP) is 1.15. The van der Waals surface area contributed by atoms with Crippen LogP contribution in [-0.4, -0.2) is 43.0 Å². The van der Waals surface area contributed by atoms with Crippen LogP contribution in [-0.2, 0) is 0 Å². The van der Waals surface area contributed by atoms with E-state index in [2.05, 4.69) is 10.2 Å². The highest BCUT2D eigenvalue weighted by Gasteiger charge is 2.20. The van der Waals surface area contributed by atoms with Crippen molar-refractivity contribution in [1.29, 1.82) is 0 Å². The summed E-state index contributed by atoms with van der Waals surface area (Å²) in [4.78, 5) is 14.6. The second-order valence-electron chi connectivity index (χ2n) is 5.19. The Balaban J connectivity index is 1.86. The average Bonchev–Trinajstić information content (AvgIpc) is 2.42. The van der Waals surface area contributed by atoms with Gasteiger partial charge in [-0.3, -0.25) is 4.79 Å². The molecule has 0 spiro atoms. The highest BCUT2D eigenvalue weighted by Crippen LogP contribution is 2.12. The number of benzene rings is 1. The minimum absolute atomic E-state index is 0.0513. The molecule has 0 unspecified atom stereocenters. The van der Waals surface area contributed by atoms with Crippen LogP contribution in [0.2, 0.25) is 0 Å². The molecule has 0 saturated carbocycles. The molecule has 1 heterocycles. The monoisotopic (exact) mass is 261 g/mol. The van der Waals surface area contributed by atoms with Crippen molar-refractivity contribution in [3.63, 3.8) is 0 Å². The average molecular weight is 261 g/mol. The van der Waals surface area contributed by atoms with Crippen molar-refractivity contribution in [1.82, 2.24) is 10.2 Å². The van der Waals surface area contributed by atoms with Crippen LogP contribution in [0.3, 0.4) is 0 Å². The Morgan fingerprint density at radius 3 is 2.68 bits per heavy atom. The van der Waals surface area contributed by atoms with Crippen molar-refractivity contribution in [2.24, 2.45) is 5.73 Å². The van der Waals surface area contributed by atoms with Crippen LogP contribution in [0.5, 0.6) is 0 Å². The van der Waals surface area contributed by atoms with E-state index < -0.39 is 0 Å². The second kappa shape index (κ2) is 6.68. The summed E-state index contributed by atoms with van der Waals surface area (Å²) in [6.07, 6.45) is 2.02. The van der Waals surface area contributed by atoms with E-state index >= 15 is 0 Å². The van der Waals surface area contributed by atoms with Gasteiger partial charge in [0.2, 0.25) is 0 Å². The number of nitrogens with one attached hydrogen (secondary N) is 1. The molecule has 0 aliphatic carbocycles. The zero-order valence-corrected chi connectivity index (χ0v) is 11.6. The molecule has 2 rings (SSSR count). The summed E-state index contributed by atoms with van der Waals surface area (Å²) in [5, 5.41) is 3.14. The summed E-state index contributed by atoms with van der Waals surface area (Å²) in [5.41, 5.74) is 7.37. The molecular formula is C15H23N3O. The molecule has 0 aromatic heterocycles. The third-order valence-corrected chi connectivity index (χ3v) is 3.76. The van der Waals surface area contributed by atoms with Gasteiger partial charge in [-0.2, -0.15) is 0 Å². The fourth-order valence-corrected chi connectivity index (χ4v) is 2.57. The Morgan fingerprint density at radius 1 is 1.37 bits per heavy atom. The summed E-state index contributed by atoms with van der Waals surface area (Å²) in [5.74, 6) is 0.0513. The van der Waals surface area contributed by atoms with E-state index in [1.54, 1.807) is 0 Å². The van der Waals surface area contributed by atoms with E-state index in [1.807, 2.05) is 31.2 Å². The summed E-state index contributed by atoms with van der Waals surface area (Å²) in [7, 11) is 0. The van der Waals surface area contributed by atoms with E-state index in [4.69, 9.17) is 5.73 Å². The third-order valence-electron chi connectivity index (χ3n) is 3.76. The Bertz CT molecular complexity index is 425. The normalized spacial score (nSPS) is 17.4. The first-order valence-corrected chi connectivity index (χ1v) is 6.99. The van der Waals surface area contributed by atoms with Crippen LogP contribution in [0.25, 0.3) is 0 Å². The number of carbonyl (C=O) groups excluding carboxylic acids is 1. The number of rotatable bonds is 4. The molecule has 0 bridgehead atoms. The maximum Gasteiger partial charge on any atom is 0.251 e. The smallest absolute Gasteiger partial charge is 0.251 e. The van der Waals surface area contributed by atoms with Gasteiger partial charge in [0.25, 0.3) is 5.91 Å². The van der Waals surface area contributed by atoms with E-state index in [-0.39, 0.29) is 5.91 Å². The Labute approximate surface area is 115 Å². The van der Waals surface area contributed by atoms with Crippen molar-refractivity contribution in [2.45, 2.75) is 25.8 Å². The molecule has 4 nitrogen and oxygen atoms in total. The van der Waals surface area contributed by atoms with Gasteiger partial charge in [0.1, 0.15) is 0 Å². The third kappa shape index (κ3) is 3.78. The van der Waals surface area contributed by atoms with Gasteiger partial charge in [-0.1, -0.05) is 18.2 Å². The summed E-state index contributed by atoms with van der Waals surface area (Å²) in [6, 6.07) is 8.01. The van der Waals surface area contributed by atoms with Crippen molar-refractivity contribution < 1.29 is 4.79 Å². The number of nitrogens with two attached hydrogens (primary N) is 1. The molecule has 1 aliphatic rings. The number of amides is 1. The zero-order chi connectivity index (χ0) is 13.7. The minimum atomic E-state index is 0.0513. The van der Waals surface area contributed by atoms with Crippen molar-refractivity contribution in [3.8, 4) is 0 Å². The molecular weight excluding hydrogens is 238 g/mol. The molecule has 1 fully saturated rings. The van der Waals surface area contributed by atoms with E-state index in [0.29, 0.717) is 12.6 Å². The zero-order valence-electron chi connectivity index (χ0n) is 11.6. The molecule has 1 aromatic carbocycles. The summed E-state index contributed by atoms with van der Waals surface area (Å²) < 4.78 is 0. The summed E-state index contributed by atoms with van der Waals surface area (Å²) >= 11 is 0. The maximum atomic E-state index is 12.2. The quantitative estimate of drug-likeness (QED) is 0.855. The highest BCUT2D eigenvalue weighted by atomic mass is 16.1. The highest BCUT2D eigenvalue weighted by molar-refractivity contribution is 5.95. The lowest BCUT2D eigenvalue weighted by Gasteiger charge is -2.32. The van der Waals surface area contributed by atoms with Gasteiger partial charge in [-0.25, -0.2) is 0 Å².